The number of hydrogen-bond donors (Lipinski definition) is 1. The lowest BCUT2D eigenvalue weighted by Crippen LogP contribution is -2.15. The lowest BCUT2D eigenvalue weighted by Gasteiger charge is -1.99. The zero-order valence-electron chi connectivity index (χ0n) is 6.64. The van der Waals surface area contributed by atoms with Gasteiger partial charge in [0.25, 0.3) is 0 Å². The third kappa shape index (κ3) is 2.90. The monoisotopic (exact) mass is 181 g/mol. The molecule has 1 N–H and O–H groups in total. The van der Waals surface area contributed by atoms with E-state index in [9.17, 15) is 9.59 Å². The Kier molecular flexibility index (Phi) is 2.97. The number of ether oxygens (including phenoxy) is 1. The standard InChI is InChI=1S/C8H7NO4/c10-7(11)8(12)13-5-6-2-1-3-9-4-6/h1-4H,5H2,(H,10,11). The molecule has 1 rings (SSSR count). The van der Waals surface area contributed by atoms with Gasteiger partial charge in [0.1, 0.15) is 6.61 Å². The summed E-state index contributed by atoms with van der Waals surface area (Å²) >= 11 is 0. The molecule has 68 valence electrons. The number of carboxylic acid groups (broad SMARTS) is 1. The number of aliphatic carboxylic acids is 1. The molecule has 0 aliphatic carbocycles. The summed E-state index contributed by atoms with van der Waals surface area (Å²) in [5, 5.41) is 8.17. The molecule has 0 atom stereocenters. The summed E-state index contributed by atoms with van der Waals surface area (Å²) in [5.74, 6) is -2.85. The molecule has 0 saturated heterocycles. The van der Waals surface area contributed by atoms with E-state index in [1.807, 2.05) is 0 Å². The first-order valence-corrected chi connectivity index (χ1v) is 3.49. The Morgan fingerprint density at radius 2 is 2.31 bits per heavy atom. The SMILES string of the molecule is O=C(O)C(=O)OCc1cccnc1. The first-order chi connectivity index (χ1) is 6.20. The van der Waals surface area contributed by atoms with Crippen molar-refractivity contribution in [2.45, 2.75) is 6.61 Å². The second-order valence-electron chi connectivity index (χ2n) is 2.24. The van der Waals surface area contributed by atoms with Crippen LogP contribution in [0, 0.1) is 0 Å². The molecule has 0 bridgehead atoms. The molecular formula is C8H7NO4. The fourth-order valence-electron chi connectivity index (χ4n) is 0.694. The number of carbonyl (C=O) groups is 2. The molecule has 1 aromatic rings. The van der Waals surface area contributed by atoms with Gasteiger partial charge in [-0.1, -0.05) is 6.07 Å². The van der Waals surface area contributed by atoms with E-state index in [2.05, 4.69) is 9.72 Å². The van der Waals surface area contributed by atoms with Crippen LogP contribution in [0.1, 0.15) is 5.56 Å². The summed E-state index contributed by atoms with van der Waals surface area (Å²) in [7, 11) is 0. The van der Waals surface area contributed by atoms with Crippen LogP contribution in [0.2, 0.25) is 0 Å². The van der Waals surface area contributed by atoms with Gasteiger partial charge in [-0.25, -0.2) is 9.59 Å². The van der Waals surface area contributed by atoms with E-state index in [1.165, 1.54) is 6.20 Å². The van der Waals surface area contributed by atoms with Crippen LogP contribution >= 0.6 is 0 Å². The first-order valence-electron chi connectivity index (χ1n) is 3.49. The van der Waals surface area contributed by atoms with Gasteiger partial charge in [0.2, 0.25) is 0 Å². The van der Waals surface area contributed by atoms with Gasteiger partial charge in [0, 0.05) is 18.0 Å². The highest BCUT2D eigenvalue weighted by atomic mass is 16.6. The predicted molar refractivity (Wildman–Crippen MR) is 41.7 cm³/mol. The van der Waals surface area contributed by atoms with Gasteiger partial charge >= 0.3 is 11.9 Å². The Morgan fingerprint density at radius 1 is 1.54 bits per heavy atom. The highest BCUT2D eigenvalue weighted by molar-refractivity contribution is 6.28. The van der Waals surface area contributed by atoms with Crippen molar-refractivity contribution in [2.24, 2.45) is 0 Å². The van der Waals surface area contributed by atoms with Crippen molar-refractivity contribution < 1.29 is 19.4 Å². The molecule has 5 nitrogen and oxygen atoms in total. The van der Waals surface area contributed by atoms with Crippen LogP contribution in [0.5, 0.6) is 0 Å². The number of carboxylic acids is 1. The average Bonchev–Trinajstić information content (AvgIpc) is 2.15. The van der Waals surface area contributed by atoms with Crippen molar-refractivity contribution in [1.29, 1.82) is 0 Å². The molecule has 5 heteroatoms. The summed E-state index contributed by atoms with van der Waals surface area (Å²) in [6.45, 7) is -0.0705. The Labute approximate surface area is 74.0 Å². The highest BCUT2D eigenvalue weighted by Gasteiger charge is 2.12. The molecule has 0 aromatic carbocycles. The number of pyridine rings is 1. The number of esters is 1. The summed E-state index contributed by atoms with van der Waals surface area (Å²) in [6.07, 6.45) is 3.07. The molecule has 0 radical (unpaired) electrons. The number of carbonyl (C=O) groups excluding carboxylic acids is 1. The Bertz CT molecular complexity index is 309. The molecule has 0 saturated carbocycles. The topological polar surface area (TPSA) is 76.5 Å². The van der Waals surface area contributed by atoms with Crippen LogP contribution in [0.15, 0.2) is 24.5 Å². The fourth-order valence-corrected chi connectivity index (χ4v) is 0.694. The smallest absolute Gasteiger partial charge is 0.417 e. The second-order valence-corrected chi connectivity index (χ2v) is 2.24. The van der Waals surface area contributed by atoms with Gasteiger partial charge < -0.3 is 9.84 Å². The quantitative estimate of drug-likeness (QED) is 0.521. The summed E-state index contributed by atoms with van der Waals surface area (Å²) in [5.41, 5.74) is 0.650. The zero-order valence-corrected chi connectivity index (χ0v) is 6.64. The molecule has 0 fully saturated rings. The average molecular weight is 181 g/mol. The van der Waals surface area contributed by atoms with E-state index in [1.54, 1.807) is 18.3 Å². The van der Waals surface area contributed by atoms with Crippen molar-refractivity contribution in [1.82, 2.24) is 4.98 Å². The molecule has 0 amide bonds. The Morgan fingerprint density at radius 3 is 2.85 bits per heavy atom. The van der Waals surface area contributed by atoms with Crippen molar-refractivity contribution in [2.75, 3.05) is 0 Å². The van der Waals surface area contributed by atoms with Gasteiger partial charge in [-0.2, -0.15) is 0 Å². The third-order valence-electron chi connectivity index (χ3n) is 1.27. The molecule has 13 heavy (non-hydrogen) atoms. The van der Waals surface area contributed by atoms with E-state index in [0.29, 0.717) is 5.56 Å². The summed E-state index contributed by atoms with van der Waals surface area (Å²) < 4.78 is 4.41. The maximum Gasteiger partial charge on any atom is 0.417 e. The number of rotatable bonds is 2. The van der Waals surface area contributed by atoms with E-state index in [0.717, 1.165) is 0 Å². The van der Waals surface area contributed by atoms with Crippen LogP contribution in [-0.4, -0.2) is 22.0 Å². The highest BCUT2D eigenvalue weighted by Crippen LogP contribution is 1.97. The maximum atomic E-state index is 10.5. The number of aromatic nitrogens is 1. The fraction of sp³-hybridized carbons (Fsp3) is 0.125. The molecule has 0 spiro atoms. The van der Waals surface area contributed by atoms with Crippen molar-refractivity contribution >= 4 is 11.9 Å². The Hall–Kier alpha value is -1.91. The lowest BCUT2D eigenvalue weighted by molar-refractivity contribution is -0.164. The number of hydrogen-bond acceptors (Lipinski definition) is 4. The zero-order chi connectivity index (χ0) is 9.68. The largest absolute Gasteiger partial charge is 0.473 e. The van der Waals surface area contributed by atoms with Crippen molar-refractivity contribution in [3.8, 4) is 0 Å². The van der Waals surface area contributed by atoms with Gasteiger partial charge in [-0.05, 0) is 6.07 Å². The van der Waals surface area contributed by atoms with E-state index in [-0.39, 0.29) is 6.61 Å². The van der Waals surface area contributed by atoms with Gasteiger partial charge in [-0.15, -0.1) is 0 Å². The van der Waals surface area contributed by atoms with Crippen molar-refractivity contribution in [3.05, 3.63) is 30.1 Å². The molecule has 1 heterocycles. The molecule has 0 aliphatic heterocycles. The second kappa shape index (κ2) is 4.20. The molecular weight excluding hydrogens is 174 g/mol. The van der Waals surface area contributed by atoms with Gasteiger partial charge in [0.15, 0.2) is 0 Å². The van der Waals surface area contributed by atoms with Crippen LogP contribution < -0.4 is 0 Å². The minimum absolute atomic E-state index is 0.0705. The molecule has 0 aliphatic rings. The normalized spacial score (nSPS) is 9.23. The van der Waals surface area contributed by atoms with E-state index < -0.39 is 11.9 Å². The molecule has 0 unspecified atom stereocenters. The van der Waals surface area contributed by atoms with Crippen molar-refractivity contribution in [3.63, 3.8) is 0 Å². The van der Waals surface area contributed by atoms with Crippen LogP contribution in [0.3, 0.4) is 0 Å². The lowest BCUT2D eigenvalue weighted by atomic mass is 10.3. The van der Waals surface area contributed by atoms with Gasteiger partial charge in [0.05, 0.1) is 0 Å². The maximum absolute atomic E-state index is 10.5. The van der Waals surface area contributed by atoms with Crippen LogP contribution in [0.25, 0.3) is 0 Å². The van der Waals surface area contributed by atoms with E-state index >= 15 is 0 Å². The minimum Gasteiger partial charge on any atom is -0.473 e. The number of nitrogens with zero attached hydrogens (tertiary/aromatic N) is 1. The predicted octanol–water partition coefficient (Wildman–Crippen LogP) is 0.209. The minimum atomic E-state index is -1.59. The van der Waals surface area contributed by atoms with Gasteiger partial charge in [-0.3, -0.25) is 4.98 Å². The van der Waals surface area contributed by atoms with Crippen LogP contribution in [0.4, 0.5) is 0 Å². The third-order valence-corrected chi connectivity index (χ3v) is 1.27. The van der Waals surface area contributed by atoms with Crippen LogP contribution in [-0.2, 0) is 20.9 Å². The summed E-state index contributed by atoms with van der Waals surface area (Å²) in [6, 6.07) is 3.35. The van der Waals surface area contributed by atoms with E-state index in [4.69, 9.17) is 5.11 Å². The first kappa shape index (κ1) is 9.18. The Balaban J connectivity index is 2.44. The molecule has 1 aromatic heterocycles. The summed E-state index contributed by atoms with van der Waals surface area (Å²) in [4.78, 5) is 24.3.